The second-order valence-corrected chi connectivity index (χ2v) is 5.25. The first-order valence-corrected chi connectivity index (χ1v) is 7.05. The van der Waals surface area contributed by atoms with Crippen LogP contribution in [-0.2, 0) is 11.3 Å². The summed E-state index contributed by atoms with van der Waals surface area (Å²) in [6.45, 7) is 2.63. The summed E-state index contributed by atoms with van der Waals surface area (Å²) in [5.41, 5.74) is 2.78. The minimum Gasteiger partial charge on any atom is -0.480 e. The average molecular weight is 299 g/mol. The van der Waals surface area contributed by atoms with E-state index in [4.69, 9.17) is 9.47 Å². The summed E-state index contributed by atoms with van der Waals surface area (Å²) in [6, 6.07) is 12.3. The molecule has 5 heteroatoms. The number of hydrogen-bond acceptors (Lipinski definition) is 4. The zero-order chi connectivity index (χ0) is 15.5. The van der Waals surface area contributed by atoms with Crippen LogP contribution in [-0.4, -0.2) is 17.9 Å². The molecule has 1 aliphatic heterocycles. The Morgan fingerprint density at radius 2 is 1.91 bits per heavy atom. The maximum Gasteiger partial charge on any atom is 0.325 e. The van der Waals surface area contributed by atoms with Gasteiger partial charge in [-0.3, -0.25) is 10.1 Å². The van der Waals surface area contributed by atoms with Crippen molar-refractivity contribution < 1.29 is 19.4 Å². The molecule has 0 radical (unpaired) electrons. The lowest BCUT2D eigenvalue weighted by Crippen LogP contribution is -2.28. The third-order valence-electron chi connectivity index (χ3n) is 3.60. The van der Waals surface area contributed by atoms with Crippen LogP contribution in [0.4, 0.5) is 0 Å². The first-order valence-electron chi connectivity index (χ1n) is 7.05. The number of fused-ring (bicyclic) bond motifs is 1. The quantitative estimate of drug-likeness (QED) is 0.888. The first kappa shape index (κ1) is 14.4. The van der Waals surface area contributed by atoms with Crippen LogP contribution in [0.2, 0.25) is 0 Å². The van der Waals surface area contributed by atoms with Crippen molar-refractivity contribution >= 4 is 5.97 Å². The molecule has 0 saturated carbocycles. The number of rotatable bonds is 5. The van der Waals surface area contributed by atoms with E-state index in [1.807, 2.05) is 49.4 Å². The zero-order valence-corrected chi connectivity index (χ0v) is 12.2. The Kier molecular flexibility index (Phi) is 3.98. The fourth-order valence-electron chi connectivity index (χ4n) is 2.38. The van der Waals surface area contributed by atoms with Crippen LogP contribution in [0.15, 0.2) is 42.5 Å². The molecule has 22 heavy (non-hydrogen) atoms. The standard InChI is InChI=1S/C17H17NO4/c1-11-2-5-13(6-3-11)16(17(19)20)18-9-12-4-7-14-15(8-12)22-10-21-14/h2-8,16,18H,9-10H2,1H3,(H,19,20). The summed E-state index contributed by atoms with van der Waals surface area (Å²) in [4.78, 5) is 11.5. The van der Waals surface area contributed by atoms with E-state index in [0.29, 0.717) is 12.3 Å². The Morgan fingerprint density at radius 1 is 1.18 bits per heavy atom. The van der Waals surface area contributed by atoms with Crippen LogP contribution in [0.3, 0.4) is 0 Å². The third-order valence-corrected chi connectivity index (χ3v) is 3.60. The molecule has 1 aliphatic rings. The number of carboxylic acid groups (broad SMARTS) is 1. The number of aryl methyl sites for hydroxylation is 1. The molecule has 0 saturated heterocycles. The summed E-state index contributed by atoms with van der Waals surface area (Å²) in [6.07, 6.45) is 0. The van der Waals surface area contributed by atoms with Crippen LogP contribution in [0.5, 0.6) is 11.5 Å². The number of nitrogens with one attached hydrogen (secondary N) is 1. The van der Waals surface area contributed by atoms with Crippen LogP contribution in [0.1, 0.15) is 22.7 Å². The van der Waals surface area contributed by atoms with Gasteiger partial charge >= 0.3 is 5.97 Å². The Hall–Kier alpha value is -2.53. The number of hydrogen-bond donors (Lipinski definition) is 2. The van der Waals surface area contributed by atoms with Gasteiger partial charge in [-0.2, -0.15) is 0 Å². The molecule has 0 fully saturated rings. The predicted octanol–water partition coefficient (Wildman–Crippen LogP) is 2.64. The Labute approximate surface area is 128 Å². The lowest BCUT2D eigenvalue weighted by molar-refractivity contribution is -0.139. The average Bonchev–Trinajstić information content (AvgIpc) is 2.96. The highest BCUT2D eigenvalue weighted by Crippen LogP contribution is 2.32. The lowest BCUT2D eigenvalue weighted by atomic mass is 10.0. The van der Waals surface area contributed by atoms with Crippen molar-refractivity contribution in [2.24, 2.45) is 0 Å². The number of carbonyl (C=O) groups is 1. The van der Waals surface area contributed by atoms with Crippen molar-refractivity contribution in [3.63, 3.8) is 0 Å². The number of aliphatic carboxylic acids is 1. The van der Waals surface area contributed by atoms with Crippen LogP contribution >= 0.6 is 0 Å². The second-order valence-electron chi connectivity index (χ2n) is 5.25. The summed E-state index contributed by atoms with van der Waals surface area (Å²) >= 11 is 0. The maximum atomic E-state index is 11.5. The van der Waals surface area contributed by atoms with Crippen molar-refractivity contribution in [3.8, 4) is 11.5 Å². The highest BCUT2D eigenvalue weighted by molar-refractivity contribution is 5.75. The van der Waals surface area contributed by atoms with E-state index in [1.54, 1.807) is 0 Å². The van der Waals surface area contributed by atoms with E-state index in [-0.39, 0.29) is 6.79 Å². The normalized spacial score (nSPS) is 13.9. The van der Waals surface area contributed by atoms with Gasteiger partial charge in [0.2, 0.25) is 6.79 Å². The van der Waals surface area contributed by atoms with E-state index >= 15 is 0 Å². The SMILES string of the molecule is Cc1ccc(C(NCc2ccc3c(c2)OCO3)C(=O)O)cc1. The molecule has 1 atom stereocenters. The second kappa shape index (κ2) is 6.07. The monoisotopic (exact) mass is 299 g/mol. The fraction of sp³-hybridized carbons (Fsp3) is 0.235. The van der Waals surface area contributed by atoms with Gasteiger partial charge in [0.1, 0.15) is 6.04 Å². The van der Waals surface area contributed by atoms with Crippen molar-refractivity contribution in [1.82, 2.24) is 5.32 Å². The summed E-state index contributed by atoms with van der Waals surface area (Å²) in [5, 5.41) is 12.5. The van der Waals surface area contributed by atoms with Crippen molar-refractivity contribution in [2.45, 2.75) is 19.5 Å². The van der Waals surface area contributed by atoms with E-state index < -0.39 is 12.0 Å². The molecule has 0 spiro atoms. The van der Waals surface area contributed by atoms with Crippen molar-refractivity contribution in [2.75, 3.05) is 6.79 Å². The molecule has 114 valence electrons. The minimum atomic E-state index is -0.899. The van der Waals surface area contributed by atoms with Gasteiger partial charge in [0.05, 0.1) is 0 Å². The fourth-order valence-corrected chi connectivity index (χ4v) is 2.38. The van der Waals surface area contributed by atoms with Gasteiger partial charge < -0.3 is 14.6 Å². The van der Waals surface area contributed by atoms with Gasteiger partial charge in [0.15, 0.2) is 11.5 Å². The molecular weight excluding hydrogens is 282 g/mol. The number of ether oxygens (including phenoxy) is 2. The van der Waals surface area contributed by atoms with Crippen LogP contribution in [0.25, 0.3) is 0 Å². The molecule has 0 amide bonds. The number of carboxylic acids is 1. The molecule has 2 aromatic carbocycles. The van der Waals surface area contributed by atoms with Crippen LogP contribution < -0.4 is 14.8 Å². The largest absolute Gasteiger partial charge is 0.480 e. The predicted molar refractivity (Wildman–Crippen MR) is 81.0 cm³/mol. The number of benzene rings is 2. The molecule has 0 bridgehead atoms. The molecule has 2 N–H and O–H groups in total. The third kappa shape index (κ3) is 3.04. The molecule has 5 nitrogen and oxygen atoms in total. The van der Waals surface area contributed by atoms with Crippen LogP contribution in [0, 0.1) is 6.92 Å². The Bertz CT molecular complexity index is 682. The smallest absolute Gasteiger partial charge is 0.325 e. The van der Waals surface area contributed by atoms with E-state index in [1.165, 1.54) is 0 Å². The van der Waals surface area contributed by atoms with E-state index in [2.05, 4.69) is 5.32 Å². The summed E-state index contributed by atoms with van der Waals surface area (Å²) < 4.78 is 10.6. The van der Waals surface area contributed by atoms with Gasteiger partial charge in [-0.15, -0.1) is 0 Å². The Morgan fingerprint density at radius 3 is 2.64 bits per heavy atom. The summed E-state index contributed by atoms with van der Waals surface area (Å²) in [7, 11) is 0. The van der Waals surface area contributed by atoms with Gasteiger partial charge in [-0.05, 0) is 30.2 Å². The molecule has 0 aromatic heterocycles. The molecule has 0 aliphatic carbocycles. The lowest BCUT2D eigenvalue weighted by Gasteiger charge is -2.15. The first-order chi connectivity index (χ1) is 10.6. The molecule has 2 aromatic rings. The van der Waals surface area contributed by atoms with E-state index in [0.717, 1.165) is 22.4 Å². The maximum absolute atomic E-state index is 11.5. The van der Waals surface area contributed by atoms with E-state index in [9.17, 15) is 9.90 Å². The van der Waals surface area contributed by atoms with Crippen molar-refractivity contribution in [3.05, 3.63) is 59.2 Å². The van der Waals surface area contributed by atoms with Gasteiger partial charge in [-0.1, -0.05) is 35.9 Å². The van der Waals surface area contributed by atoms with Gasteiger partial charge in [0, 0.05) is 6.54 Å². The highest BCUT2D eigenvalue weighted by atomic mass is 16.7. The van der Waals surface area contributed by atoms with Crippen molar-refractivity contribution in [1.29, 1.82) is 0 Å². The zero-order valence-electron chi connectivity index (χ0n) is 12.2. The molecule has 1 unspecified atom stereocenters. The molecule has 1 heterocycles. The van der Waals surface area contributed by atoms with Gasteiger partial charge in [0.25, 0.3) is 0 Å². The minimum absolute atomic E-state index is 0.229. The van der Waals surface area contributed by atoms with Gasteiger partial charge in [-0.25, -0.2) is 0 Å². The summed E-state index contributed by atoms with van der Waals surface area (Å²) in [5.74, 6) is 0.517. The molecule has 3 rings (SSSR count). The Balaban J connectivity index is 1.72. The highest BCUT2D eigenvalue weighted by Gasteiger charge is 2.19. The molecular formula is C17H17NO4. The topological polar surface area (TPSA) is 67.8 Å².